The molecule has 0 aromatic carbocycles. The molecule has 0 bridgehead atoms. The van der Waals surface area contributed by atoms with Crippen LogP contribution in [0.25, 0.3) is 0 Å². The summed E-state index contributed by atoms with van der Waals surface area (Å²) in [6, 6.07) is 0.829. The molecule has 1 unspecified atom stereocenters. The Morgan fingerprint density at radius 2 is 1.81 bits per heavy atom. The van der Waals surface area contributed by atoms with Gasteiger partial charge in [0.05, 0.1) is 0 Å². The lowest BCUT2D eigenvalue weighted by Gasteiger charge is -2.34. The highest BCUT2D eigenvalue weighted by Crippen LogP contribution is 2.23. The fourth-order valence-electron chi connectivity index (χ4n) is 2.99. The summed E-state index contributed by atoms with van der Waals surface area (Å²) in [4.78, 5) is 2.57. The molecule has 2 nitrogen and oxygen atoms in total. The van der Waals surface area contributed by atoms with Gasteiger partial charge in [0.2, 0.25) is 0 Å². The zero-order valence-electron chi connectivity index (χ0n) is 11.4. The van der Waals surface area contributed by atoms with E-state index in [1.165, 1.54) is 45.1 Å². The topological polar surface area (TPSA) is 29.3 Å². The van der Waals surface area contributed by atoms with E-state index in [-0.39, 0.29) is 0 Å². The lowest BCUT2D eigenvalue weighted by Crippen LogP contribution is -2.39. The lowest BCUT2D eigenvalue weighted by atomic mass is 9.92. The smallest absolute Gasteiger partial charge is 0.00923 e. The number of rotatable bonds is 6. The molecule has 0 aromatic heterocycles. The Balaban J connectivity index is 2.31. The van der Waals surface area contributed by atoms with Crippen LogP contribution in [0.1, 0.15) is 52.4 Å². The minimum Gasteiger partial charge on any atom is -0.330 e. The molecule has 0 aliphatic heterocycles. The van der Waals surface area contributed by atoms with Gasteiger partial charge in [0.15, 0.2) is 0 Å². The highest BCUT2D eigenvalue weighted by molar-refractivity contribution is 4.76. The average molecular weight is 226 g/mol. The average Bonchev–Trinajstić information content (AvgIpc) is 2.28. The standard InChI is InChI=1S/C14H30N2/c1-12(2)9-13(10-15)11-16(3)14-7-5-4-6-8-14/h12-14H,4-11,15H2,1-3H3. The van der Waals surface area contributed by atoms with Gasteiger partial charge in [-0.05, 0) is 44.7 Å². The summed E-state index contributed by atoms with van der Waals surface area (Å²) in [6.45, 7) is 6.63. The van der Waals surface area contributed by atoms with E-state index < -0.39 is 0 Å². The van der Waals surface area contributed by atoms with Crippen LogP contribution < -0.4 is 5.73 Å². The lowest BCUT2D eigenvalue weighted by molar-refractivity contribution is 0.160. The summed E-state index contributed by atoms with van der Waals surface area (Å²) < 4.78 is 0. The molecule has 0 saturated heterocycles. The van der Waals surface area contributed by atoms with Crippen molar-refractivity contribution in [3.05, 3.63) is 0 Å². The highest BCUT2D eigenvalue weighted by atomic mass is 15.1. The summed E-state index contributed by atoms with van der Waals surface area (Å²) in [7, 11) is 2.29. The Labute approximate surface area is 102 Å². The third-order valence-electron chi connectivity index (χ3n) is 3.88. The van der Waals surface area contributed by atoms with Crippen molar-refractivity contribution in [3.8, 4) is 0 Å². The van der Waals surface area contributed by atoms with Crippen molar-refractivity contribution in [1.82, 2.24) is 4.90 Å². The van der Waals surface area contributed by atoms with Crippen LogP contribution >= 0.6 is 0 Å². The van der Waals surface area contributed by atoms with Crippen molar-refractivity contribution in [2.45, 2.75) is 58.4 Å². The maximum atomic E-state index is 5.87. The Hall–Kier alpha value is -0.0800. The maximum absolute atomic E-state index is 5.87. The van der Waals surface area contributed by atoms with Gasteiger partial charge < -0.3 is 10.6 Å². The first-order valence-electron chi connectivity index (χ1n) is 7.03. The second-order valence-corrected chi connectivity index (χ2v) is 5.96. The second-order valence-electron chi connectivity index (χ2n) is 5.96. The highest BCUT2D eigenvalue weighted by Gasteiger charge is 2.20. The third kappa shape index (κ3) is 4.84. The van der Waals surface area contributed by atoms with Crippen molar-refractivity contribution in [1.29, 1.82) is 0 Å². The Bertz CT molecular complexity index is 174. The first-order chi connectivity index (χ1) is 7.63. The molecule has 1 saturated carbocycles. The molecule has 0 heterocycles. The summed E-state index contributed by atoms with van der Waals surface area (Å²) >= 11 is 0. The quantitative estimate of drug-likeness (QED) is 0.754. The van der Waals surface area contributed by atoms with Crippen molar-refractivity contribution in [2.24, 2.45) is 17.6 Å². The Kier molecular flexibility index (Phi) is 6.37. The number of nitrogens with zero attached hydrogens (tertiary/aromatic N) is 1. The zero-order valence-corrected chi connectivity index (χ0v) is 11.4. The van der Waals surface area contributed by atoms with Crippen LogP contribution in [0.4, 0.5) is 0 Å². The molecule has 2 heteroatoms. The summed E-state index contributed by atoms with van der Waals surface area (Å²) in [6.07, 6.45) is 8.36. The van der Waals surface area contributed by atoms with Crippen molar-refractivity contribution >= 4 is 0 Å². The largest absolute Gasteiger partial charge is 0.330 e. The molecule has 1 aliphatic rings. The maximum Gasteiger partial charge on any atom is 0.00923 e. The van der Waals surface area contributed by atoms with Gasteiger partial charge in [0.25, 0.3) is 0 Å². The van der Waals surface area contributed by atoms with E-state index in [9.17, 15) is 0 Å². The van der Waals surface area contributed by atoms with E-state index in [1.807, 2.05) is 0 Å². The second kappa shape index (κ2) is 7.29. The minimum absolute atomic E-state index is 0.687. The van der Waals surface area contributed by atoms with E-state index >= 15 is 0 Å². The minimum atomic E-state index is 0.687. The van der Waals surface area contributed by atoms with Gasteiger partial charge >= 0.3 is 0 Å². The van der Waals surface area contributed by atoms with Gasteiger partial charge in [-0.1, -0.05) is 33.1 Å². The first-order valence-corrected chi connectivity index (χ1v) is 7.03. The van der Waals surface area contributed by atoms with Gasteiger partial charge in [0.1, 0.15) is 0 Å². The van der Waals surface area contributed by atoms with Crippen molar-refractivity contribution < 1.29 is 0 Å². The SMILES string of the molecule is CC(C)CC(CN)CN(C)C1CCCCC1. The van der Waals surface area contributed by atoms with E-state index in [4.69, 9.17) is 5.73 Å². The van der Waals surface area contributed by atoms with Gasteiger partial charge in [0, 0.05) is 12.6 Å². The van der Waals surface area contributed by atoms with Gasteiger partial charge in [-0.15, -0.1) is 0 Å². The molecule has 16 heavy (non-hydrogen) atoms. The number of nitrogens with two attached hydrogens (primary N) is 1. The van der Waals surface area contributed by atoms with Crippen LogP contribution in [-0.4, -0.2) is 31.1 Å². The summed E-state index contributed by atoms with van der Waals surface area (Å²) in [5, 5.41) is 0. The Morgan fingerprint density at radius 3 is 2.31 bits per heavy atom. The molecule has 1 rings (SSSR count). The van der Waals surface area contributed by atoms with E-state index in [0.717, 1.165) is 18.5 Å². The van der Waals surface area contributed by atoms with Crippen LogP contribution in [0.5, 0.6) is 0 Å². The van der Waals surface area contributed by atoms with E-state index in [0.29, 0.717) is 5.92 Å². The molecular formula is C14H30N2. The van der Waals surface area contributed by atoms with Crippen molar-refractivity contribution in [2.75, 3.05) is 20.1 Å². The predicted octanol–water partition coefficient (Wildman–Crippen LogP) is 2.87. The molecule has 1 fully saturated rings. The van der Waals surface area contributed by atoms with Gasteiger partial charge in [-0.25, -0.2) is 0 Å². The van der Waals surface area contributed by atoms with Crippen LogP contribution in [0, 0.1) is 11.8 Å². The third-order valence-corrected chi connectivity index (χ3v) is 3.88. The first kappa shape index (κ1) is 14.0. The Morgan fingerprint density at radius 1 is 1.19 bits per heavy atom. The van der Waals surface area contributed by atoms with Crippen LogP contribution in [0.15, 0.2) is 0 Å². The van der Waals surface area contributed by atoms with E-state index in [2.05, 4.69) is 25.8 Å². The molecule has 96 valence electrons. The molecule has 0 radical (unpaired) electrons. The predicted molar refractivity (Wildman–Crippen MR) is 71.5 cm³/mol. The molecule has 0 spiro atoms. The number of hydrogen-bond donors (Lipinski definition) is 1. The monoisotopic (exact) mass is 226 g/mol. The molecule has 2 N–H and O–H groups in total. The van der Waals surface area contributed by atoms with E-state index in [1.54, 1.807) is 0 Å². The van der Waals surface area contributed by atoms with Crippen LogP contribution in [-0.2, 0) is 0 Å². The molecule has 0 amide bonds. The molecular weight excluding hydrogens is 196 g/mol. The summed E-state index contributed by atoms with van der Waals surface area (Å²) in [5.74, 6) is 1.46. The fourth-order valence-corrected chi connectivity index (χ4v) is 2.99. The molecule has 1 atom stereocenters. The van der Waals surface area contributed by atoms with Gasteiger partial charge in [-0.2, -0.15) is 0 Å². The molecule has 1 aliphatic carbocycles. The summed E-state index contributed by atoms with van der Waals surface area (Å²) in [5.41, 5.74) is 5.87. The van der Waals surface area contributed by atoms with Gasteiger partial charge in [-0.3, -0.25) is 0 Å². The number of hydrogen-bond acceptors (Lipinski definition) is 2. The fraction of sp³-hybridized carbons (Fsp3) is 1.00. The van der Waals surface area contributed by atoms with Crippen molar-refractivity contribution in [3.63, 3.8) is 0 Å². The van der Waals surface area contributed by atoms with Crippen LogP contribution in [0.3, 0.4) is 0 Å². The zero-order chi connectivity index (χ0) is 12.0. The van der Waals surface area contributed by atoms with Crippen LogP contribution in [0.2, 0.25) is 0 Å². The normalized spacial score (nSPS) is 20.6. The molecule has 0 aromatic rings.